The van der Waals surface area contributed by atoms with Gasteiger partial charge in [-0.2, -0.15) is 5.26 Å². The first-order valence-electron chi connectivity index (χ1n) is 10.5. The molecule has 0 saturated heterocycles. The maximum absolute atomic E-state index is 12.4. The molecule has 0 unspecified atom stereocenters. The minimum absolute atomic E-state index is 0.288. The van der Waals surface area contributed by atoms with Gasteiger partial charge in [-0.25, -0.2) is 4.79 Å². The zero-order valence-corrected chi connectivity index (χ0v) is 17.4. The maximum Gasteiger partial charge on any atom is 0.338 e. The molecule has 3 aliphatic rings. The minimum Gasteiger partial charge on any atom is -0.462 e. The molecule has 3 aliphatic carbocycles. The predicted molar refractivity (Wildman–Crippen MR) is 117 cm³/mol. The van der Waals surface area contributed by atoms with Crippen LogP contribution in [-0.4, -0.2) is 12.6 Å². The van der Waals surface area contributed by atoms with Crippen LogP contribution in [0.1, 0.15) is 60.2 Å². The van der Waals surface area contributed by atoms with Gasteiger partial charge < -0.3 is 4.74 Å². The monoisotopic (exact) mass is 395 g/mol. The smallest absolute Gasteiger partial charge is 0.338 e. The summed E-state index contributed by atoms with van der Waals surface area (Å²) in [5.41, 5.74) is 4.69. The number of allylic oxidation sites excluding steroid dienone is 1. The quantitative estimate of drug-likeness (QED) is 0.390. The van der Waals surface area contributed by atoms with Gasteiger partial charge in [0.1, 0.15) is 0 Å². The summed E-state index contributed by atoms with van der Waals surface area (Å²) in [5.74, 6) is 7.33. The minimum atomic E-state index is -0.288. The lowest BCUT2D eigenvalue weighted by Gasteiger charge is -2.56. The van der Waals surface area contributed by atoms with Crippen LogP contribution in [0.4, 0.5) is 0 Å². The van der Waals surface area contributed by atoms with Gasteiger partial charge in [0.25, 0.3) is 0 Å². The van der Waals surface area contributed by atoms with E-state index in [4.69, 9.17) is 10.00 Å². The highest BCUT2D eigenvalue weighted by Crippen LogP contribution is 2.59. The van der Waals surface area contributed by atoms with Crippen molar-refractivity contribution in [3.63, 3.8) is 0 Å². The van der Waals surface area contributed by atoms with Crippen LogP contribution in [0, 0.1) is 40.4 Å². The average Bonchev–Trinajstić information content (AvgIpc) is 2.78. The molecule has 0 spiro atoms. The number of hydrogen-bond acceptors (Lipinski definition) is 3. The Kier molecular flexibility index (Phi) is 5.47. The molecule has 0 aromatic heterocycles. The number of carbonyl (C=O) groups is 1. The van der Waals surface area contributed by atoms with Crippen LogP contribution in [0.5, 0.6) is 0 Å². The highest BCUT2D eigenvalue weighted by Gasteiger charge is 2.50. The van der Waals surface area contributed by atoms with Gasteiger partial charge in [-0.3, -0.25) is 0 Å². The van der Waals surface area contributed by atoms with Crippen LogP contribution in [0.3, 0.4) is 0 Å². The molecule has 30 heavy (non-hydrogen) atoms. The molecule has 1 fully saturated rings. The molecule has 0 radical (unpaired) electrons. The van der Waals surface area contributed by atoms with Gasteiger partial charge in [0.15, 0.2) is 0 Å². The van der Waals surface area contributed by atoms with Crippen molar-refractivity contribution in [2.75, 3.05) is 6.61 Å². The first-order valence-corrected chi connectivity index (χ1v) is 10.5. The summed E-state index contributed by atoms with van der Waals surface area (Å²) in [6.45, 7) is 5.15. The van der Waals surface area contributed by atoms with E-state index in [9.17, 15) is 4.79 Å². The lowest BCUT2D eigenvalue weighted by molar-refractivity contribution is -0.0103. The van der Waals surface area contributed by atoms with Crippen molar-refractivity contribution in [2.45, 2.75) is 33.1 Å². The number of carbonyl (C=O) groups excluding carboxylic acids is 1. The third-order valence-corrected chi connectivity index (χ3v) is 6.69. The molecule has 0 aliphatic heterocycles. The summed E-state index contributed by atoms with van der Waals surface area (Å²) in [6.07, 6.45) is 5.65. The molecule has 0 heterocycles. The Morgan fingerprint density at radius 2 is 1.63 bits per heavy atom. The Labute approximate surface area is 178 Å². The Bertz CT molecular complexity index is 1070. The summed E-state index contributed by atoms with van der Waals surface area (Å²) in [4.78, 5) is 12.4. The third kappa shape index (κ3) is 4.03. The van der Waals surface area contributed by atoms with E-state index in [0.717, 1.165) is 29.9 Å². The standard InChI is InChI=1S/C27H25NO2/c1-27(2)24-14-13-22(25(27)17-24)15-16-30-26(29)23-11-9-20(10-12-23)4-3-19-5-7-21(18-28)8-6-19/h5-13,24-25H,14-17H2,1-2H3/t24-,25-/m0/s1. The van der Waals surface area contributed by atoms with Crippen molar-refractivity contribution in [3.8, 4) is 17.9 Å². The zero-order chi connectivity index (χ0) is 21.1. The number of ether oxygens (including phenoxy) is 1. The van der Waals surface area contributed by atoms with Crippen LogP contribution < -0.4 is 0 Å². The summed E-state index contributed by atoms with van der Waals surface area (Å²) in [5, 5.41) is 8.84. The van der Waals surface area contributed by atoms with E-state index in [1.807, 2.05) is 24.3 Å². The Morgan fingerprint density at radius 1 is 1.03 bits per heavy atom. The van der Waals surface area contributed by atoms with Gasteiger partial charge in [-0.15, -0.1) is 0 Å². The van der Waals surface area contributed by atoms with Gasteiger partial charge in [-0.05, 0) is 78.6 Å². The average molecular weight is 396 g/mol. The molecule has 2 atom stereocenters. The lowest BCUT2D eigenvalue weighted by atomic mass is 9.48. The van der Waals surface area contributed by atoms with Crippen molar-refractivity contribution in [1.82, 2.24) is 0 Å². The van der Waals surface area contributed by atoms with Crippen molar-refractivity contribution in [3.05, 3.63) is 82.4 Å². The van der Waals surface area contributed by atoms with E-state index in [0.29, 0.717) is 29.1 Å². The molecule has 5 rings (SSSR count). The molecule has 2 aromatic carbocycles. The van der Waals surface area contributed by atoms with Gasteiger partial charge >= 0.3 is 5.97 Å². The highest BCUT2D eigenvalue weighted by atomic mass is 16.5. The Morgan fingerprint density at radius 3 is 2.20 bits per heavy atom. The van der Waals surface area contributed by atoms with Crippen molar-refractivity contribution in [1.29, 1.82) is 5.26 Å². The van der Waals surface area contributed by atoms with E-state index in [-0.39, 0.29) is 5.97 Å². The molecule has 0 N–H and O–H groups in total. The van der Waals surface area contributed by atoms with Crippen molar-refractivity contribution >= 4 is 5.97 Å². The molecule has 3 heteroatoms. The topological polar surface area (TPSA) is 50.1 Å². The molecule has 1 saturated carbocycles. The van der Waals surface area contributed by atoms with E-state index in [1.165, 1.54) is 12.0 Å². The molecule has 2 aromatic rings. The van der Waals surface area contributed by atoms with Crippen molar-refractivity contribution in [2.24, 2.45) is 17.3 Å². The van der Waals surface area contributed by atoms with E-state index in [1.54, 1.807) is 24.3 Å². The number of rotatable bonds is 4. The van der Waals surface area contributed by atoms with E-state index >= 15 is 0 Å². The lowest BCUT2D eigenvalue weighted by Crippen LogP contribution is -2.48. The summed E-state index contributed by atoms with van der Waals surface area (Å²) < 4.78 is 5.51. The summed E-state index contributed by atoms with van der Waals surface area (Å²) in [7, 11) is 0. The van der Waals surface area contributed by atoms with Gasteiger partial charge in [0.05, 0.1) is 23.8 Å². The second-order valence-corrected chi connectivity index (χ2v) is 8.72. The van der Waals surface area contributed by atoms with E-state index in [2.05, 4.69) is 37.8 Å². The number of nitriles is 1. The van der Waals surface area contributed by atoms with Crippen molar-refractivity contribution < 1.29 is 9.53 Å². The van der Waals surface area contributed by atoms with Crippen LogP contribution in [0.25, 0.3) is 0 Å². The number of hydrogen-bond donors (Lipinski definition) is 0. The Hall–Kier alpha value is -3.30. The van der Waals surface area contributed by atoms with Gasteiger partial charge in [0, 0.05) is 17.5 Å². The molecule has 150 valence electrons. The third-order valence-electron chi connectivity index (χ3n) is 6.69. The SMILES string of the molecule is CC1(C)[C@H]2CC=C(CCOC(=O)c3ccc(C#Cc4ccc(C#N)cc4)cc3)[C@@H]1C2. The molecule has 2 bridgehead atoms. The largest absolute Gasteiger partial charge is 0.462 e. The number of fused-ring (bicyclic) bond motifs is 1. The first-order chi connectivity index (χ1) is 14.5. The number of esters is 1. The summed E-state index contributed by atoms with van der Waals surface area (Å²) >= 11 is 0. The van der Waals surface area contributed by atoms with Crippen LogP contribution in [0.2, 0.25) is 0 Å². The normalized spacial score (nSPS) is 20.6. The fourth-order valence-electron chi connectivity index (χ4n) is 4.56. The molecule has 3 nitrogen and oxygen atoms in total. The summed E-state index contributed by atoms with van der Waals surface area (Å²) in [6, 6.07) is 16.4. The fraction of sp³-hybridized carbons (Fsp3) is 0.333. The number of benzene rings is 2. The maximum atomic E-state index is 12.4. The van der Waals surface area contributed by atoms with Gasteiger partial charge in [0.2, 0.25) is 0 Å². The van der Waals surface area contributed by atoms with Crippen LogP contribution in [0.15, 0.2) is 60.2 Å². The highest BCUT2D eigenvalue weighted by molar-refractivity contribution is 5.89. The fourth-order valence-corrected chi connectivity index (χ4v) is 4.56. The van der Waals surface area contributed by atoms with Crippen LogP contribution in [-0.2, 0) is 4.74 Å². The second-order valence-electron chi connectivity index (χ2n) is 8.72. The molecule has 0 amide bonds. The number of nitrogens with zero attached hydrogens (tertiary/aromatic N) is 1. The molecular formula is C27H25NO2. The Balaban J connectivity index is 1.30. The second kappa shape index (κ2) is 8.21. The van der Waals surface area contributed by atoms with Gasteiger partial charge in [-0.1, -0.05) is 37.3 Å². The van der Waals surface area contributed by atoms with E-state index < -0.39 is 0 Å². The first kappa shape index (κ1) is 20.0. The van der Waals surface area contributed by atoms with Crippen LogP contribution >= 0.6 is 0 Å². The molecular weight excluding hydrogens is 370 g/mol. The predicted octanol–water partition coefficient (Wildman–Crippen LogP) is 5.50. The zero-order valence-electron chi connectivity index (χ0n) is 17.4.